The zero-order valence-electron chi connectivity index (χ0n) is 12.3. The number of aromatic nitrogens is 1. The molecule has 120 valence electrons. The summed E-state index contributed by atoms with van der Waals surface area (Å²) in [6, 6.07) is 2.84. The van der Waals surface area contributed by atoms with Crippen LogP contribution < -0.4 is 5.32 Å². The molecule has 5 nitrogen and oxygen atoms in total. The van der Waals surface area contributed by atoms with Crippen molar-refractivity contribution in [2.45, 2.75) is 44.6 Å². The number of carbonyl (C=O) groups excluding carboxylic acids is 2. The largest absolute Gasteiger partial charge is 0.464 e. The van der Waals surface area contributed by atoms with E-state index in [9.17, 15) is 9.59 Å². The van der Waals surface area contributed by atoms with E-state index in [4.69, 9.17) is 27.9 Å². The smallest absolute Gasteiger partial charge is 0.331 e. The second-order valence-electron chi connectivity index (χ2n) is 5.32. The summed E-state index contributed by atoms with van der Waals surface area (Å²) in [5.74, 6) is -0.782. The first-order valence-corrected chi connectivity index (χ1v) is 8.05. The highest BCUT2D eigenvalue weighted by Gasteiger charge is 2.42. The molecule has 1 fully saturated rings. The Morgan fingerprint density at radius 2 is 1.82 bits per heavy atom. The molecule has 1 N–H and O–H groups in total. The van der Waals surface area contributed by atoms with E-state index in [1.54, 1.807) is 6.92 Å². The van der Waals surface area contributed by atoms with E-state index in [2.05, 4.69) is 10.3 Å². The van der Waals surface area contributed by atoms with Crippen LogP contribution in [0, 0.1) is 0 Å². The fourth-order valence-electron chi connectivity index (χ4n) is 2.69. The number of hydrogen-bond acceptors (Lipinski definition) is 4. The molecule has 0 spiro atoms. The number of esters is 1. The molecule has 0 aromatic carbocycles. The van der Waals surface area contributed by atoms with E-state index < -0.39 is 11.4 Å². The second kappa shape index (κ2) is 7.29. The van der Waals surface area contributed by atoms with Crippen LogP contribution in [0.15, 0.2) is 12.1 Å². The van der Waals surface area contributed by atoms with Gasteiger partial charge in [-0.1, -0.05) is 42.5 Å². The lowest BCUT2D eigenvalue weighted by Gasteiger charge is -2.35. The number of rotatable bonds is 4. The van der Waals surface area contributed by atoms with E-state index in [-0.39, 0.29) is 28.4 Å². The molecule has 0 bridgehead atoms. The molecule has 0 radical (unpaired) electrons. The second-order valence-corrected chi connectivity index (χ2v) is 6.09. The maximum atomic E-state index is 12.5. The summed E-state index contributed by atoms with van der Waals surface area (Å²) < 4.78 is 5.15. The van der Waals surface area contributed by atoms with Crippen LogP contribution in [0.1, 0.15) is 49.4 Å². The van der Waals surface area contributed by atoms with Gasteiger partial charge in [-0.15, -0.1) is 0 Å². The summed E-state index contributed by atoms with van der Waals surface area (Å²) in [6.45, 7) is 2.03. The number of pyridine rings is 1. The zero-order valence-corrected chi connectivity index (χ0v) is 13.8. The minimum Gasteiger partial charge on any atom is -0.464 e. The van der Waals surface area contributed by atoms with Crippen molar-refractivity contribution in [1.82, 2.24) is 10.3 Å². The number of nitrogens with one attached hydrogen (secondary N) is 1. The fraction of sp³-hybridized carbons (Fsp3) is 0.533. The summed E-state index contributed by atoms with van der Waals surface area (Å²) in [7, 11) is 0. The number of hydrogen-bond donors (Lipinski definition) is 1. The van der Waals surface area contributed by atoms with Gasteiger partial charge in [0.15, 0.2) is 0 Å². The van der Waals surface area contributed by atoms with Crippen LogP contribution in [0.25, 0.3) is 0 Å². The van der Waals surface area contributed by atoms with Gasteiger partial charge in [0.1, 0.15) is 15.8 Å². The minimum atomic E-state index is -0.965. The van der Waals surface area contributed by atoms with Crippen molar-refractivity contribution in [2.75, 3.05) is 6.61 Å². The molecule has 0 saturated heterocycles. The highest BCUT2D eigenvalue weighted by molar-refractivity contribution is 6.33. The summed E-state index contributed by atoms with van der Waals surface area (Å²) in [4.78, 5) is 28.6. The van der Waals surface area contributed by atoms with Gasteiger partial charge >= 0.3 is 5.97 Å². The third kappa shape index (κ3) is 3.90. The number of nitrogens with zero attached hydrogens (tertiary/aromatic N) is 1. The van der Waals surface area contributed by atoms with Gasteiger partial charge in [-0.25, -0.2) is 9.78 Å². The SMILES string of the molecule is CCOC(=O)C1(NC(=O)c2cc(Cl)nc(Cl)c2)CCCCC1. The molecular formula is C15H18Cl2N2O3. The Balaban J connectivity index is 2.22. The highest BCUT2D eigenvalue weighted by Crippen LogP contribution is 2.30. The summed E-state index contributed by atoms with van der Waals surface area (Å²) >= 11 is 11.6. The lowest BCUT2D eigenvalue weighted by Crippen LogP contribution is -2.56. The average Bonchev–Trinajstić information content (AvgIpc) is 2.47. The molecular weight excluding hydrogens is 327 g/mol. The molecule has 1 aromatic rings. The van der Waals surface area contributed by atoms with Gasteiger partial charge in [0.2, 0.25) is 0 Å². The number of amides is 1. The maximum Gasteiger partial charge on any atom is 0.331 e. The van der Waals surface area contributed by atoms with Crippen molar-refractivity contribution in [1.29, 1.82) is 0 Å². The maximum absolute atomic E-state index is 12.5. The summed E-state index contributed by atoms with van der Waals surface area (Å²) in [5.41, 5.74) is -0.688. The van der Waals surface area contributed by atoms with Gasteiger partial charge in [-0.05, 0) is 31.9 Å². The topological polar surface area (TPSA) is 68.3 Å². The highest BCUT2D eigenvalue weighted by atomic mass is 35.5. The molecule has 1 aromatic heterocycles. The normalized spacial score (nSPS) is 16.9. The first-order chi connectivity index (χ1) is 10.5. The van der Waals surface area contributed by atoms with E-state index in [1.807, 2.05) is 0 Å². The molecule has 0 atom stereocenters. The molecule has 0 aliphatic heterocycles. The van der Waals surface area contributed by atoms with Crippen LogP contribution in [0.4, 0.5) is 0 Å². The lowest BCUT2D eigenvalue weighted by molar-refractivity contribution is -0.152. The predicted molar refractivity (Wildman–Crippen MR) is 84.2 cm³/mol. The summed E-state index contributed by atoms with van der Waals surface area (Å²) in [6.07, 6.45) is 3.94. The van der Waals surface area contributed by atoms with Crippen molar-refractivity contribution in [2.24, 2.45) is 0 Å². The van der Waals surface area contributed by atoms with Crippen LogP contribution in [0.3, 0.4) is 0 Å². The predicted octanol–water partition coefficient (Wildman–Crippen LogP) is 3.38. The Morgan fingerprint density at radius 1 is 1.23 bits per heavy atom. The van der Waals surface area contributed by atoms with Crippen molar-refractivity contribution >= 4 is 35.1 Å². The Hall–Kier alpha value is -1.33. The molecule has 1 aliphatic rings. The third-order valence-electron chi connectivity index (χ3n) is 3.75. The first-order valence-electron chi connectivity index (χ1n) is 7.30. The molecule has 1 heterocycles. The molecule has 0 unspecified atom stereocenters. The molecule has 22 heavy (non-hydrogen) atoms. The van der Waals surface area contributed by atoms with Gasteiger partial charge in [0.25, 0.3) is 5.91 Å². The van der Waals surface area contributed by atoms with Gasteiger partial charge in [-0.2, -0.15) is 0 Å². The minimum absolute atomic E-state index is 0.131. The Bertz CT molecular complexity index is 552. The van der Waals surface area contributed by atoms with Gasteiger partial charge in [0.05, 0.1) is 6.61 Å². The first kappa shape index (κ1) is 17.0. The Labute approximate surface area is 139 Å². The van der Waals surface area contributed by atoms with Crippen molar-refractivity contribution in [3.8, 4) is 0 Å². The Kier molecular flexibility index (Phi) is 5.64. The third-order valence-corrected chi connectivity index (χ3v) is 4.14. The van der Waals surface area contributed by atoms with Gasteiger partial charge < -0.3 is 10.1 Å². The van der Waals surface area contributed by atoms with Gasteiger partial charge in [-0.3, -0.25) is 4.79 Å². The van der Waals surface area contributed by atoms with Crippen LogP contribution in [0.5, 0.6) is 0 Å². The number of halogens is 2. The number of carbonyl (C=O) groups is 2. The van der Waals surface area contributed by atoms with Crippen molar-refractivity contribution < 1.29 is 14.3 Å². The number of ether oxygens (including phenoxy) is 1. The zero-order chi connectivity index (χ0) is 16.2. The molecule has 1 aliphatic carbocycles. The van der Waals surface area contributed by atoms with Crippen LogP contribution in [-0.4, -0.2) is 29.0 Å². The van der Waals surface area contributed by atoms with E-state index in [1.165, 1.54) is 12.1 Å². The van der Waals surface area contributed by atoms with E-state index in [0.717, 1.165) is 19.3 Å². The van der Waals surface area contributed by atoms with Crippen LogP contribution >= 0.6 is 23.2 Å². The quantitative estimate of drug-likeness (QED) is 0.671. The standard InChI is InChI=1S/C15H18Cl2N2O3/c1-2-22-14(21)15(6-4-3-5-7-15)19-13(20)10-8-11(16)18-12(17)9-10/h8-9H,2-7H2,1H3,(H,19,20). The molecule has 7 heteroatoms. The Morgan fingerprint density at radius 3 is 2.36 bits per heavy atom. The van der Waals surface area contributed by atoms with Crippen LogP contribution in [0.2, 0.25) is 10.3 Å². The van der Waals surface area contributed by atoms with E-state index in [0.29, 0.717) is 12.8 Å². The van der Waals surface area contributed by atoms with Gasteiger partial charge in [0, 0.05) is 5.56 Å². The van der Waals surface area contributed by atoms with Crippen molar-refractivity contribution in [3.63, 3.8) is 0 Å². The van der Waals surface area contributed by atoms with E-state index >= 15 is 0 Å². The average molecular weight is 345 g/mol. The fourth-order valence-corrected chi connectivity index (χ4v) is 3.15. The van der Waals surface area contributed by atoms with Crippen molar-refractivity contribution in [3.05, 3.63) is 28.0 Å². The molecule has 1 saturated carbocycles. The van der Waals surface area contributed by atoms with Crippen LogP contribution in [-0.2, 0) is 9.53 Å². The molecule has 1 amide bonds. The molecule has 2 rings (SSSR count). The lowest BCUT2D eigenvalue weighted by atomic mass is 9.81. The monoisotopic (exact) mass is 344 g/mol. The summed E-state index contributed by atoms with van der Waals surface area (Å²) in [5, 5.41) is 3.09.